The van der Waals surface area contributed by atoms with Gasteiger partial charge in [0.05, 0.1) is 14.2 Å². The minimum Gasteiger partial charge on any atom is -0.496 e. The van der Waals surface area contributed by atoms with Crippen LogP contribution in [0.2, 0.25) is 0 Å². The van der Waals surface area contributed by atoms with E-state index in [0.29, 0.717) is 22.3 Å². The second-order valence-corrected chi connectivity index (χ2v) is 3.79. The SMILES string of the molecule is COC(=O)c1cc2c(C)cc(=O)oc2cc1OC. The number of carbonyl (C=O) groups is 1. The second kappa shape index (κ2) is 4.52. The lowest BCUT2D eigenvalue weighted by atomic mass is 10.1. The summed E-state index contributed by atoms with van der Waals surface area (Å²) < 4.78 is 14.8. The van der Waals surface area contributed by atoms with Gasteiger partial charge in [-0.3, -0.25) is 0 Å². The summed E-state index contributed by atoms with van der Waals surface area (Å²) >= 11 is 0. The summed E-state index contributed by atoms with van der Waals surface area (Å²) in [5, 5.41) is 0.677. The van der Waals surface area contributed by atoms with E-state index in [1.54, 1.807) is 13.0 Å². The number of carbonyl (C=O) groups excluding carboxylic acids is 1. The molecule has 0 aliphatic rings. The van der Waals surface area contributed by atoms with Crippen LogP contribution in [-0.4, -0.2) is 20.2 Å². The highest BCUT2D eigenvalue weighted by molar-refractivity contribution is 5.98. The lowest BCUT2D eigenvalue weighted by Crippen LogP contribution is -2.05. The van der Waals surface area contributed by atoms with Crippen LogP contribution in [0.5, 0.6) is 5.75 Å². The molecular weight excluding hydrogens is 236 g/mol. The maximum absolute atomic E-state index is 11.6. The van der Waals surface area contributed by atoms with Crippen LogP contribution >= 0.6 is 0 Å². The molecule has 1 heterocycles. The number of hydrogen-bond donors (Lipinski definition) is 0. The molecule has 5 nitrogen and oxygen atoms in total. The van der Waals surface area contributed by atoms with Crippen LogP contribution in [0.25, 0.3) is 11.0 Å². The molecule has 0 spiro atoms. The summed E-state index contributed by atoms with van der Waals surface area (Å²) in [5.41, 5.74) is 0.968. The van der Waals surface area contributed by atoms with Crippen LogP contribution in [0.1, 0.15) is 15.9 Å². The van der Waals surface area contributed by atoms with Crippen molar-refractivity contribution in [1.29, 1.82) is 0 Å². The van der Waals surface area contributed by atoms with E-state index in [4.69, 9.17) is 9.15 Å². The summed E-state index contributed by atoms with van der Waals surface area (Å²) in [6, 6.07) is 4.48. The zero-order chi connectivity index (χ0) is 13.3. The van der Waals surface area contributed by atoms with Gasteiger partial charge in [-0.25, -0.2) is 9.59 Å². The van der Waals surface area contributed by atoms with Gasteiger partial charge in [-0.05, 0) is 18.6 Å². The molecule has 1 aromatic carbocycles. The Morgan fingerprint density at radius 1 is 1.22 bits per heavy atom. The van der Waals surface area contributed by atoms with E-state index >= 15 is 0 Å². The lowest BCUT2D eigenvalue weighted by Gasteiger charge is -2.09. The summed E-state index contributed by atoms with van der Waals surface area (Å²) in [7, 11) is 2.73. The first kappa shape index (κ1) is 12.2. The molecule has 0 aliphatic carbocycles. The third kappa shape index (κ3) is 1.95. The van der Waals surface area contributed by atoms with E-state index in [2.05, 4.69) is 4.74 Å². The van der Waals surface area contributed by atoms with E-state index in [0.717, 1.165) is 5.56 Å². The minimum atomic E-state index is -0.501. The number of esters is 1. The highest BCUT2D eigenvalue weighted by Gasteiger charge is 2.16. The van der Waals surface area contributed by atoms with Crippen molar-refractivity contribution in [1.82, 2.24) is 0 Å². The van der Waals surface area contributed by atoms with Gasteiger partial charge in [0.25, 0.3) is 0 Å². The van der Waals surface area contributed by atoms with E-state index in [-0.39, 0.29) is 0 Å². The largest absolute Gasteiger partial charge is 0.496 e. The quantitative estimate of drug-likeness (QED) is 0.599. The first-order valence-corrected chi connectivity index (χ1v) is 5.27. The predicted octanol–water partition coefficient (Wildman–Crippen LogP) is 1.90. The zero-order valence-electron chi connectivity index (χ0n) is 10.3. The first-order valence-electron chi connectivity index (χ1n) is 5.27. The number of rotatable bonds is 2. The molecule has 0 radical (unpaired) electrons. The Kier molecular flexibility index (Phi) is 3.06. The molecule has 0 saturated heterocycles. The number of methoxy groups -OCH3 is 2. The number of benzene rings is 1. The van der Waals surface area contributed by atoms with Crippen molar-refractivity contribution in [2.75, 3.05) is 14.2 Å². The molecule has 94 valence electrons. The summed E-state index contributed by atoms with van der Waals surface area (Å²) in [5.74, 6) is -0.192. The van der Waals surface area contributed by atoms with Crippen LogP contribution in [0.4, 0.5) is 0 Å². The van der Waals surface area contributed by atoms with Crippen LogP contribution in [0.15, 0.2) is 27.4 Å². The summed E-state index contributed by atoms with van der Waals surface area (Å²) in [4.78, 5) is 22.9. The van der Waals surface area contributed by atoms with Gasteiger partial charge in [-0.1, -0.05) is 0 Å². The van der Waals surface area contributed by atoms with Crippen molar-refractivity contribution in [2.45, 2.75) is 6.92 Å². The van der Waals surface area contributed by atoms with E-state index < -0.39 is 11.6 Å². The lowest BCUT2D eigenvalue weighted by molar-refractivity contribution is 0.0597. The Morgan fingerprint density at radius 2 is 1.94 bits per heavy atom. The van der Waals surface area contributed by atoms with Gasteiger partial charge in [-0.15, -0.1) is 0 Å². The van der Waals surface area contributed by atoms with Gasteiger partial charge >= 0.3 is 11.6 Å². The van der Waals surface area contributed by atoms with E-state index in [9.17, 15) is 9.59 Å². The normalized spacial score (nSPS) is 10.4. The Labute approximate surface area is 103 Å². The molecule has 2 rings (SSSR count). The Hall–Kier alpha value is -2.30. The molecule has 0 amide bonds. The maximum atomic E-state index is 11.6. The zero-order valence-corrected chi connectivity index (χ0v) is 10.3. The van der Waals surface area contributed by atoms with Crippen molar-refractivity contribution < 1.29 is 18.7 Å². The maximum Gasteiger partial charge on any atom is 0.341 e. The van der Waals surface area contributed by atoms with Crippen LogP contribution in [0, 0.1) is 6.92 Å². The van der Waals surface area contributed by atoms with Crippen molar-refractivity contribution >= 4 is 16.9 Å². The molecule has 1 aromatic heterocycles. The standard InChI is InChI=1S/C13H12O5/c1-7-4-12(14)18-11-6-10(16-2)9(5-8(7)11)13(15)17-3/h4-6H,1-3H3. The third-order valence-corrected chi connectivity index (χ3v) is 2.68. The van der Waals surface area contributed by atoms with Crippen molar-refractivity contribution in [3.63, 3.8) is 0 Å². The van der Waals surface area contributed by atoms with Crippen LogP contribution in [0.3, 0.4) is 0 Å². The monoisotopic (exact) mass is 248 g/mol. The van der Waals surface area contributed by atoms with Gasteiger partial charge in [0.15, 0.2) is 0 Å². The number of hydrogen-bond acceptors (Lipinski definition) is 5. The van der Waals surface area contributed by atoms with Crippen molar-refractivity contribution in [3.05, 3.63) is 39.7 Å². The predicted molar refractivity (Wildman–Crippen MR) is 65.1 cm³/mol. The van der Waals surface area contributed by atoms with Gasteiger partial charge in [0.1, 0.15) is 16.9 Å². The molecular formula is C13H12O5. The average Bonchev–Trinajstić information content (AvgIpc) is 2.36. The fourth-order valence-electron chi connectivity index (χ4n) is 1.78. The number of ether oxygens (including phenoxy) is 2. The smallest absolute Gasteiger partial charge is 0.341 e. The molecule has 0 bridgehead atoms. The van der Waals surface area contributed by atoms with Crippen LogP contribution < -0.4 is 10.4 Å². The molecule has 18 heavy (non-hydrogen) atoms. The van der Waals surface area contributed by atoms with Gasteiger partial charge < -0.3 is 13.9 Å². The Balaban J connectivity index is 2.81. The summed E-state index contributed by atoms with van der Waals surface area (Å²) in [6.45, 7) is 1.77. The van der Waals surface area contributed by atoms with Gasteiger partial charge in [-0.2, -0.15) is 0 Å². The Bertz CT molecular complexity index is 669. The second-order valence-electron chi connectivity index (χ2n) is 3.79. The Morgan fingerprint density at radius 3 is 2.56 bits per heavy atom. The third-order valence-electron chi connectivity index (χ3n) is 2.68. The number of aryl methyl sites for hydroxylation is 1. The van der Waals surface area contributed by atoms with E-state index in [1.165, 1.54) is 26.4 Å². The molecule has 0 fully saturated rings. The molecule has 0 aliphatic heterocycles. The highest BCUT2D eigenvalue weighted by Crippen LogP contribution is 2.27. The van der Waals surface area contributed by atoms with Crippen molar-refractivity contribution in [3.8, 4) is 5.75 Å². The summed E-state index contributed by atoms with van der Waals surface area (Å²) in [6.07, 6.45) is 0. The van der Waals surface area contributed by atoms with Crippen molar-refractivity contribution in [2.24, 2.45) is 0 Å². The molecule has 5 heteroatoms. The molecule has 0 N–H and O–H groups in total. The van der Waals surface area contributed by atoms with Gasteiger partial charge in [0, 0.05) is 17.5 Å². The molecule has 2 aromatic rings. The van der Waals surface area contributed by atoms with E-state index in [1.807, 2.05) is 0 Å². The minimum absolute atomic E-state index is 0.296. The number of fused-ring (bicyclic) bond motifs is 1. The molecule has 0 unspecified atom stereocenters. The molecule has 0 atom stereocenters. The van der Waals surface area contributed by atoms with Crippen LogP contribution in [-0.2, 0) is 4.74 Å². The topological polar surface area (TPSA) is 65.7 Å². The molecule has 0 saturated carbocycles. The fourth-order valence-corrected chi connectivity index (χ4v) is 1.78. The first-order chi connectivity index (χ1) is 8.56. The average molecular weight is 248 g/mol. The van der Waals surface area contributed by atoms with Gasteiger partial charge in [0.2, 0.25) is 0 Å². The fraction of sp³-hybridized carbons (Fsp3) is 0.231. The highest BCUT2D eigenvalue weighted by atomic mass is 16.5.